The van der Waals surface area contributed by atoms with Crippen LogP contribution in [-0.4, -0.2) is 22.2 Å². The number of nitrogens with two attached hydrogens (primary N) is 1. The van der Waals surface area contributed by atoms with E-state index < -0.39 is 58.9 Å². The highest BCUT2D eigenvalue weighted by atomic mass is 19.3. The number of benzene rings is 1. The number of nitrogens with zero attached hydrogens (tertiary/aromatic N) is 2. The molecule has 1 amide bonds. The van der Waals surface area contributed by atoms with E-state index in [1.54, 1.807) is 6.07 Å². The molecular weight excluding hydrogens is 373 g/mol. The maximum Gasteiger partial charge on any atom is 0.351 e. The summed E-state index contributed by atoms with van der Waals surface area (Å²) in [5, 5.41) is 8.91. The number of carbonyl (C=O) groups excluding carboxylic acids is 2. The number of nitriles is 1. The molecule has 1 aromatic carbocycles. The van der Waals surface area contributed by atoms with Crippen molar-refractivity contribution in [3.63, 3.8) is 0 Å². The van der Waals surface area contributed by atoms with E-state index in [1.165, 1.54) is 0 Å². The molecule has 0 saturated carbocycles. The van der Waals surface area contributed by atoms with E-state index in [1.807, 2.05) is 0 Å². The predicted molar refractivity (Wildman–Crippen MR) is 81.1 cm³/mol. The van der Waals surface area contributed by atoms with Gasteiger partial charge in [-0.15, -0.1) is 0 Å². The normalized spacial score (nSPS) is 15.9. The number of primary amides is 1. The molecule has 140 valence electrons. The second kappa shape index (κ2) is 5.90. The molecule has 27 heavy (non-hydrogen) atoms. The molecule has 0 unspecified atom stereocenters. The van der Waals surface area contributed by atoms with Crippen LogP contribution in [-0.2, 0) is 17.1 Å². The number of hydrogen-bond donors (Lipinski definition) is 1. The first-order valence-electron chi connectivity index (χ1n) is 7.55. The lowest BCUT2D eigenvalue weighted by Crippen LogP contribution is -2.38. The minimum Gasteiger partial charge on any atom is -0.364 e. The van der Waals surface area contributed by atoms with Crippen LogP contribution in [0.15, 0.2) is 24.4 Å². The zero-order valence-electron chi connectivity index (χ0n) is 13.4. The average molecular weight is 383 g/mol. The quantitative estimate of drug-likeness (QED) is 0.827. The summed E-state index contributed by atoms with van der Waals surface area (Å²) >= 11 is 0. The molecule has 3 rings (SSSR count). The topological polar surface area (TPSA) is 88.9 Å². The predicted octanol–water partition coefficient (Wildman–Crippen LogP) is 2.83. The van der Waals surface area contributed by atoms with Crippen molar-refractivity contribution >= 4 is 11.7 Å². The van der Waals surface area contributed by atoms with Gasteiger partial charge < -0.3 is 10.3 Å². The molecule has 0 saturated heterocycles. The standard InChI is InChI=1S/C17H10F5N3O2/c18-11-2-1-9(5-8(11)6-23)25-7-10(17(21,22)15(24)27)13-12(25)3-4-16(19,20)14(13)26/h1-2,5,7H,3-4H2,(H2,24,27). The Labute approximate surface area is 148 Å². The highest BCUT2D eigenvalue weighted by Crippen LogP contribution is 2.42. The van der Waals surface area contributed by atoms with Gasteiger partial charge in [0.05, 0.1) is 16.7 Å². The van der Waals surface area contributed by atoms with Crippen LogP contribution in [0.4, 0.5) is 22.0 Å². The minimum absolute atomic E-state index is 0.00580. The van der Waals surface area contributed by atoms with Gasteiger partial charge in [0.1, 0.15) is 11.9 Å². The Balaban J connectivity index is 2.32. The molecule has 1 aliphatic carbocycles. The van der Waals surface area contributed by atoms with Crippen LogP contribution in [0.5, 0.6) is 0 Å². The second-order valence-corrected chi connectivity index (χ2v) is 5.98. The first-order valence-corrected chi connectivity index (χ1v) is 7.55. The summed E-state index contributed by atoms with van der Waals surface area (Å²) in [5.74, 6) is -13.1. The van der Waals surface area contributed by atoms with Crippen LogP contribution in [0, 0.1) is 17.1 Å². The Morgan fingerprint density at radius 3 is 2.59 bits per heavy atom. The van der Waals surface area contributed by atoms with Crippen LogP contribution < -0.4 is 5.73 Å². The average Bonchev–Trinajstić information content (AvgIpc) is 2.99. The number of Topliss-reactive ketones (excluding diaryl/α,β-unsaturated/α-hetero) is 1. The largest absolute Gasteiger partial charge is 0.364 e. The van der Waals surface area contributed by atoms with Gasteiger partial charge in [0, 0.05) is 24.0 Å². The molecular formula is C17H10F5N3O2. The summed E-state index contributed by atoms with van der Waals surface area (Å²) < 4.78 is 70.6. The Morgan fingerprint density at radius 1 is 1.33 bits per heavy atom. The van der Waals surface area contributed by atoms with Crippen molar-refractivity contribution in [3.05, 3.63) is 52.6 Å². The summed E-state index contributed by atoms with van der Waals surface area (Å²) in [6.07, 6.45) is -0.734. The number of carbonyl (C=O) groups is 2. The summed E-state index contributed by atoms with van der Waals surface area (Å²) in [4.78, 5) is 23.2. The van der Waals surface area contributed by atoms with E-state index in [-0.39, 0.29) is 11.4 Å². The molecule has 0 spiro atoms. The molecule has 0 radical (unpaired) electrons. The third kappa shape index (κ3) is 2.75. The van der Waals surface area contributed by atoms with Gasteiger partial charge in [-0.25, -0.2) is 4.39 Å². The number of rotatable bonds is 3. The molecule has 0 bridgehead atoms. The molecule has 10 heteroatoms. The van der Waals surface area contributed by atoms with E-state index in [4.69, 9.17) is 5.26 Å². The molecule has 1 aliphatic rings. The van der Waals surface area contributed by atoms with Crippen molar-refractivity contribution in [2.75, 3.05) is 0 Å². The third-order valence-corrected chi connectivity index (χ3v) is 4.34. The number of fused-ring (bicyclic) bond motifs is 1. The number of aromatic nitrogens is 1. The smallest absolute Gasteiger partial charge is 0.351 e. The highest BCUT2D eigenvalue weighted by molar-refractivity contribution is 6.06. The molecule has 2 aromatic rings. The van der Waals surface area contributed by atoms with Gasteiger partial charge in [0.2, 0.25) is 5.78 Å². The van der Waals surface area contributed by atoms with Crippen molar-refractivity contribution in [2.24, 2.45) is 5.73 Å². The van der Waals surface area contributed by atoms with Crippen LogP contribution in [0.1, 0.15) is 33.6 Å². The van der Waals surface area contributed by atoms with Gasteiger partial charge in [-0.1, -0.05) is 0 Å². The molecule has 0 aliphatic heterocycles. The van der Waals surface area contributed by atoms with Gasteiger partial charge in [-0.2, -0.15) is 22.8 Å². The number of hydrogen-bond acceptors (Lipinski definition) is 3. The molecule has 1 aromatic heterocycles. The SMILES string of the molecule is N#Cc1cc(-n2cc(C(F)(F)C(N)=O)c3c2CCC(F)(F)C3=O)ccc1F. The van der Waals surface area contributed by atoms with E-state index in [9.17, 15) is 31.5 Å². The Kier molecular flexibility index (Phi) is 4.06. The van der Waals surface area contributed by atoms with Gasteiger partial charge in [-0.3, -0.25) is 9.59 Å². The lowest BCUT2D eigenvalue weighted by molar-refractivity contribution is -0.143. The van der Waals surface area contributed by atoms with Gasteiger partial charge >= 0.3 is 11.8 Å². The molecule has 0 fully saturated rings. The Hall–Kier alpha value is -3.22. The molecule has 0 atom stereocenters. The van der Waals surface area contributed by atoms with Crippen LogP contribution in [0.2, 0.25) is 0 Å². The van der Waals surface area contributed by atoms with Crippen LogP contribution in [0.25, 0.3) is 5.69 Å². The molecule has 5 nitrogen and oxygen atoms in total. The fourth-order valence-electron chi connectivity index (χ4n) is 2.97. The second-order valence-electron chi connectivity index (χ2n) is 5.98. The highest BCUT2D eigenvalue weighted by Gasteiger charge is 2.52. The van der Waals surface area contributed by atoms with Crippen molar-refractivity contribution in [3.8, 4) is 11.8 Å². The van der Waals surface area contributed by atoms with E-state index >= 15 is 0 Å². The van der Waals surface area contributed by atoms with Crippen molar-refractivity contribution in [2.45, 2.75) is 24.7 Å². The van der Waals surface area contributed by atoms with Gasteiger partial charge in [0.15, 0.2) is 0 Å². The fraction of sp³-hybridized carbons (Fsp3) is 0.235. The van der Waals surface area contributed by atoms with Crippen molar-refractivity contribution in [1.82, 2.24) is 4.57 Å². The molecule has 2 N–H and O–H groups in total. The van der Waals surface area contributed by atoms with Crippen LogP contribution >= 0.6 is 0 Å². The summed E-state index contributed by atoms with van der Waals surface area (Å²) in [7, 11) is 0. The zero-order valence-corrected chi connectivity index (χ0v) is 13.4. The summed E-state index contributed by atoms with van der Waals surface area (Å²) in [6, 6.07) is 4.60. The maximum atomic E-state index is 14.2. The minimum atomic E-state index is -4.38. The third-order valence-electron chi connectivity index (χ3n) is 4.34. The van der Waals surface area contributed by atoms with E-state index in [0.717, 1.165) is 22.8 Å². The lowest BCUT2D eigenvalue weighted by Gasteiger charge is -2.23. The summed E-state index contributed by atoms with van der Waals surface area (Å²) in [6.45, 7) is 0. The Bertz CT molecular complexity index is 1020. The van der Waals surface area contributed by atoms with Crippen molar-refractivity contribution in [1.29, 1.82) is 5.26 Å². The van der Waals surface area contributed by atoms with Gasteiger partial charge in [-0.05, 0) is 24.6 Å². The number of halogens is 5. The van der Waals surface area contributed by atoms with Gasteiger partial charge in [0.25, 0.3) is 5.91 Å². The zero-order chi connectivity index (χ0) is 20.1. The monoisotopic (exact) mass is 383 g/mol. The Morgan fingerprint density at radius 2 is 2.00 bits per heavy atom. The van der Waals surface area contributed by atoms with E-state index in [0.29, 0.717) is 6.20 Å². The van der Waals surface area contributed by atoms with Crippen molar-refractivity contribution < 1.29 is 31.5 Å². The molecule has 1 heterocycles. The maximum absolute atomic E-state index is 14.2. The first-order chi connectivity index (χ1) is 12.5. The summed E-state index contributed by atoms with van der Waals surface area (Å²) in [5.41, 5.74) is 1.82. The lowest BCUT2D eigenvalue weighted by atomic mass is 9.88. The fourth-order valence-corrected chi connectivity index (χ4v) is 2.97. The van der Waals surface area contributed by atoms with Crippen LogP contribution in [0.3, 0.4) is 0 Å². The number of amides is 1. The first kappa shape index (κ1) is 18.6. The number of alkyl halides is 4. The van der Waals surface area contributed by atoms with E-state index in [2.05, 4.69) is 5.73 Å². The number of ketones is 1.